The molecule has 1 unspecified atom stereocenters. The van der Waals surface area contributed by atoms with E-state index in [0.29, 0.717) is 6.42 Å². The summed E-state index contributed by atoms with van der Waals surface area (Å²) in [5.74, 6) is -1.27. The highest BCUT2D eigenvalue weighted by molar-refractivity contribution is 6.40. The molecule has 0 rings (SSSR count). The smallest absolute Gasteiger partial charge is 0.217 e. The molecule has 13 heavy (non-hydrogen) atoms. The first-order valence-electron chi connectivity index (χ1n) is 4.33. The van der Waals surface area contributed by atoms with Crippen LogP contribution in [0.1, 0.15) is 19.8 Å². The molecule has 0 bridgehead atoms. The lowest BCUT2D eigenvalue weighted by Crippen LogP contribution is -2.47. The maximum atomic E-state index is 11.2. The summed E-state index contributed by atoms with van der Waals surface area (Å²) in [6.07, 6.45) is 1.26. The average molecular weight is 187 g/mol. The Kier molecular flexibility index (Phi) is 5.45. The third kappa shape index (κ3) is 3.63. The largest absolute Gasteiger partial charge is 0.328 e. The molecule has 0 saturated carbocycles. The lowest BCUT2D eigenvalue weighted by Gasteiger charge is -2.11. The zero-order valence-corrected chi connectivity index (χ0v) is 7.82. The van der Waals surface area contributed by atoms with Gasteiger partial charge in [-0.25, -0.2) is 0 Å². The van der Waals surface area contributed by atoms with Crippen LogP contribution in [0.2, 0.25) is 0 Å². The maximum Gasteiger partial charge on any atom is 0.217 e. The topological polar surface area (TPSA) is 112 Å². The van der Waals surface area contributed by atoms with E-state index in [1.54, 1.807) is 0 Å². The first-order valence-corrected chi connectivity index (χ1v) is 4.33. The highest BCUT2D eigenvalue weighted by Crippen LogP contribution is 1.96. The summed E-state index contributed by atoms with van der Waals surface area (Å²) in [5, 5.41) is 0. The second-order valence-corrected chi connectivity index (χ2v) is 2.97. The van der Waals surface area contributed by atoms with E-state index in [4.69, 9.17) is 17.2 Å². The molecule has 2 atom stereocenters. The van der Waals surface area contributed by atoms with Crippen molar-refractivity contribution in [1.29, 1.82) is 0 Å². The molecule has 0 amide bonds. The van der Waals surface area contributed by atoms with Gasteiger partial charge in [-0.15, -0.1) is 0 Å². The molecule has 5 heteroatoms. The van der Waals surface area contributed by atoms with E-state index in [-0.39, 0.29) is 6.54 Å². The molecule has 5 nitrogen and oxygen atoms in total. The van der Waals surface area contributed by atoms with Crippen molar-refractivity contribution < 1.29 is 9.59 Å². The maximum absolute atomic E-state index is 11.2. The summed E-state index contributed by atoms with van der Waals surface area (Å²) in [7, 11) is 0. The van der Waals surface area contributed by atoms with Crippen LogP contribution in [-0.4, -0.2) is 30.2 Å². The molecule has 0 aliphatic carbocycles. The number of carbonyl (C=O) groups excluding carboxylic acids is 2. The van der Waals surface area contributed by atoms with Gasteiger partial charge in [-0.2, -0.15) is 0 Å². The van der Waals surface area contributed by atoms with Gasteiger partial charge in [0.1, 0.15) is 0 Å². The van der Waals surface area contributed by atoms with Crippen molar-refractivity contribution >= 4 is 11.6 Å². The van der Waals surface area contributed by atoms with Crippen molar-refractivity contribution in [3.63, 3.8) is 0 Å². The normalized spacial score (nSPS) is 15.1. The fourth-order valence-corrected chi connectivity index (χ4v) is 0.915. The zero-order valence-electron chi connectivity index (χ0n) is 7.82. The summed E-state index contributed by atoms with van der Waals surface area (Å²) in [6.45, 7) is 1.86. The van der Waals surface area contributed by atoms with Gasteiger partial charge in [-0.3, -0.25) is 9.59 Å². The molecule has 0 heterocycles. The standard InChI is InChI=1S/C8H17N3O2/c1-2-3-5(10)7(12)8(13)6(11)4-9/h5-6H,2-4,9-11H2,1H3/t5-,6?/m0/s1. The van der Waals surface area contributed by atoms with E-state index >= 15 is 0 Å². The number of nitrogens with two attached hydrogens (primary N) is 3. The van der Waals surface area contributed by atoms with Gasteiger partial charge < -0.3 is 17.2 Å². The van der Waals surface area contributed by atoms with Crippen LogP contribution in [0, 0.1) is 0 Å². The van der Waals surface area contributed by atoms with Crippen LogP contribution in [0.4, 0.5) is 0 Å². The number of ketones is 2. The average Bonchev–Trinajstić information content (AvgIpc) is 2.14. The zero-order chi connectivity index (χ0) is 10.4. The second kappa shape index (κ2) is 5.80. The first kappa shape index (κ1) is 12.2. The van der Waals surface area contributed by atoms with Gasteiger partial charge in [-0.1, -0.05) is 13.3 Å². The van der Waals surface area contributed by atoms with Crippen molar-refractivity contribution in [3.8, 4) is 0 Å². The van der Waals surface area contributed by atoms with Crippen molar-refractivity contribution in [2.75, 3.05) is 6.54 Å². The van der Waals surface area contributed by atoms with Gasteiger partial charge in [0.05, 0.1) is 12.1 Å². The Bertz CT molecular complexity index is 194. The monoisotopic (exact) mass is 187 g/mol. The minimum atomic E-state index is -0.907. The molecule has 0 aliphatic rings. The molecule has 0 spiro atoms. The van der Waals surface area contributed by atoms with Crippen molar-refractivity contribution in [1.82, 2.24) is 0 Å². The number of hydrogen-bond acceptors (Lipinski definition) is 5. The summed E-state index contributed by atoms with van der Waals surface area (Å²) in [4.78, 5) is 22.4. The molecule has 0 aromatic rings. The Hall–Kier alpha value is -0.780. The Morgan fingerprint density at radius 3 is 2.00 bits per heavy atom. The van der Waals surface area contributed by atoms with E-state index in [9.17, 15) is 9.59 Å². The van der Waals surface area contributed by atoms with Crippen LogP contribution in [-0.2, 0) is 9.59 Å². The molecule has 76 valence electrons. The fraction of sp³-hybridized carbons (Fsp3) is 0.750. The molecule has 0 radical (unpaired) electrons. The van der Waals surface area contributed by atoms with Crippen molar-refractivity contribution in [2.24, 2.45) is 17.2 Å². The van der Waals surface area contributed by atoms with E-state index in [1.165, 1.54) is 0 Å². The van der Waals surface area contributed by atoms with Crippen molar-refractivity contribution in [2.45, 2.75) is 31.8 Å². The molecule has 0 saturated heterocycles. The number of hydrogen-bond donors (Lipinski definition) is 3. The van der Waals surface area contributed by atoms with Crippen LogP contribution in [0.5, 0.6) is 0 Å². The molecule has 0 aromatic carbocycles. The minimum Gasteiger partial charge on any atom is -0.328 e. The highest BCUT2D eigenvalue weighted by Gasteiger charge is 2.25. The minimum absolute atomic E-state index is 0.0244. The number of Topliss-reactive ketones (excluding diaryl/α,β-unsaturated/α-hetero) is 2. The Balaban J connectivity index is 4.17. The molecular weight excluding hydrogens is 170 g/mol. The van der Waals surface area contributed by atoms with Crippen LogP contribution >= 0.6 is 0 Å². The number of carbonyl (C=O) groups is 2. The summed E-state index contributed by atoms with van der Waals surface area (Å²) < 4.78 is 0. The van der Waals surface area contributed by atoms with E-state index in [0.717, 1.165) is 6.42 Å². The molecule has 0 aliphatic heterocycles. The van der Waals surface area contributed by atoms with Gasteiger partial charge in [0.2, 0.25) is 11.6 Å². The van der Waals surface area contributed by atoms with E-state index in [1.807, 2.05) is 6.92 Å². The third-order valence-corrected chi connectivity index (χ3v) is 1.77. The van der Waals surface area contributed by atoms with Crippen LogP contribution < -0.4 is 17.2 Å². The van der Waals surface area contributed by atoms with Gasteiger partial charge in [-0.05, 0) is 6.42 Å². The Morgan fingerprint density at radius 2 is 1.62 bits per heavy atom. The van der Waals surface area contributed by atoms with Crippen LogP contribution in [0.15, 0.2) is 0 Å². The molecular formula is C8H17N3O2. The summed E-state index contributed by atoms with van der Waals surface area (Å²) in [6, 6.07) is -1.63. The SMILES string of the molecule is CCC[C@H](N)C(=O)C(=O)C(N)CN. The Morgan fingerprint density at radius 1 is 1.15 bits per heavy atom. The highest BCUT2D eigenvalue weighted by atomic mass is 16.2. The third-order valence-electron chi connectivity index (χ3n) is 1.77. The molecule has 0 aromatic heterocycles. The molecule has 6 N–H and O–H groups in total. The first-order chi connectivity index (χ1) is 6.04. The Labute approximate surface area is 77.6 Å². The summed E-state index contributed by atoms with van der Waals surface area (Å²) in [5.41, 5.74) is 15.9. The lowest BCUT2D eigenvalue weighted by atomic mass is 10.0. The van der Waals surface area contributed by atoms with Gasteiger partial charge in [0.15, 0.2) is 0 Å². The summed E-state index contributed by atoms with van der Waals surface area (Å²) >= 11 is 0. The quantitative estimate of drug-likeness (QED) is 0.440. The fourth-order valence-electron chi connectivity index (χ4n) is 0.915. The van der Waals surface area contributed by atoms with Gasteiger partial charge in [0.25, 0.3) is 0 Å². The predicted molar refractivity (Wildman–Crippen MR) is 49.9 cm³/mol. The van der Waals surface area contributed by atoms with Gasteiger partial charge >= 0.3 is 0 Å². The van der Waals surface area contributed by atoms with Crippen LogP contribution in [0.25, 0.3) is 0 Å². The lowest BCUT2D eigenvalue weighted by molar-refractivity contribution is -0.138. The second-order valence-electron chi connectivity index (χ2n) is 2.97. The number of rotatable bonds is 6. The van der Waals surface area contributed by atoms with Gasteiger partial charge in [0, 0.05) is 6.54 Å². The van der Waals surface area contributed by atoms with E-state index < -0.39 is 23.7 Å². The van der Waals surface area contributed by atoms with Crippen LogP contribution in [0.3, 0.4) is 0 Å². The predicted octanol–water partition coefficient (Wildman–Crippen LogP) is -1.46. The molecule has 0 fully saturated rings. The van der Waals surface area contributed by atoms with Crippen molar-refractivity contribution in [3.05, 3.63) is 0 Å². The van der Waals surface area contributed by atoms with E-state index in [2.05, 4.69) is 0 Å².